The van der Waals surface area contributed by atoms with Crippen LogP contribution in [-0.4, -0.2) is 18.6 Å². The zero-order valence-electron chi connectivity index (χ0n) is 14.1. The molecule has 0 aliphatic carbocycles. The number of rotatable bonds is 7. The Labute approximate surface area is 151 Å². The molecule has 128 valence electrons. The zero-order chi connectivity index (χ0) is 17.5. The molecular formula is C19H22BrNO3. The third kappa shape index (κ3) is 5.35. The first-order valence-electron chi connectivity index (χ1n) is 7.94. The highest BCUT2D eigenvalue weighted by molar-refractivity contribution is 9.10. The van der Waals surface area contributed by atoms with Gasteiger partial charge in [-0.25, -0.2) is 0 Å². The van der Waals surface area contributed by atoms with Crippen molar-refractivity contribution >= 4 is 27.5 Å². The summed E-state index contributed by atoms with van der Waals surface area (Å²) in [6, 6.07) is 12.9. The second kappa shape index (κ2) is 8.85. The molecule has 0 saturated carbocycles. The molecule has 0 atom stereocenters. The van der Waals surface area contributed by atoms with E-state index in [0.29, 0.717) is 18.8 Å². The molecule has 2 rings (SSSR count). The quantitative estimate of drug-likeness (QED) is 0.720. The maximum atomic E-state index is 12.5. The molecule has 4 nitrogen and oxygen atoms in total. The van der Waals surface area contributed by atoms with Crippen molar-refractivity contribution in [1.82, 2.24) is 0 Å². The van der Waals surface area contributed by atoms with E-state index in [1.165, 1.54) is 0 Å². The molecule has 5 heteroatoms. The number of nitrogens with one attached hydrogen (secondary N) is 1. The van der Waals surface area contributed by atoms with Crippen LogP contribution in [0.1, 0.15) is 36.7 Å². The monoisotopic (exact) mass is 391 g/mol. The summed E-state index contributed by atoms with van der Waals surface area (Å²) in [6.07, 6.45) is 0.110. The topological polar surface area (TPSA) is 47.6 Å². The summed E-state index contributed by atoms with van der Waals surface area (Å²) in [5, 5.41) is 2.89. The van der Waals surface area contributed by atoms with Crippen molar-refractivity contribution in [3.05, 3.63) is 58.1 Å². The number of carbonyl (C=O) groups excluding carboxylic acids is 1. The summed E-state index contributed by atoms with van der Waals surface area (Å²) in [4.78, 5) is 12.5. The standard InChI is InChI=1S/C19H22BrNO3/c1-4-23-18-9-8-14(10-15(18)12-24-13(2)3)19(22)21-17-7-5-6-16(20)11-17/h5-11,13H,4,12H2,1-3H3,(H,21,22). The minimum atomic E-state index is -0.165. The second-order valence-electron chi connectivity index (χ2n) is 5.58. The summed E-state index contributed by atoms with van der Waals surface area (Å²) in [5.41, 5.74) is 2.18. The molecule has 0 spiro atoms. The van der Waals surface area contributed by atoms with Crippen LogP contribution >= 0.6 is 15.9 Å². The average molecular weight is 392 g/mol. The molecule has 2 aromatic carbocycles. The van der Waals surface area contributed by atoms with Crippen molar-refractivity contribution in [1.29, 1.82) is 0 Å². The van der Waals surface area contributed by atoms with Crippen LogP contribution in [0.5, 0.6) is 5.75 Å². The lowest BCUT2D eigenvalue weighted by Gasteiger charge is -2.14. The lowest BCUT2D eigenvalue weighted by Crippen LogP contribution is -2.13. The molecule has 0 radical (unpaired) electrons. The normalized spacial score (nSPS) is 10.7. The van der Waals surface area contributed by atoms with Gasteiger partial charge in [-0.1, -0.05) is 22.0 Å². The van der Waals surface area contributed by atoms with Gasteiger partial charge >= 0.3 is 0 Å². The molecule has 24 heavy (non-hydrogen) atoms. The van der Waals surface area contributed by atoms with Gasteiger partial charge in [0.15, 0.2) is 0 Å². The number of benzene rings is 2. The molecule has 0 bridgehead atoms. The van der Waals surface area contributed by atoms with Crippen LogP contribution < -0.4 is 10.1 Å². The second-order valence-corrected chi connectivity index (χ2v) is 6.50. The van der Waals surface area contributed by atoms with E-state index >= 15 is 0 Å². The van der Waals surface area contributed by atoms with Gasteiger partial charge in [0.1, 0.15) is 5.75 Å². The van der Waals surface area contributed by atoms with Gasteiger partial charge in [-0.15, -0.1) is 0 Å². The lowest BCUT2D eigenvalue weighted by molar-refractivity contribution is 0.0641. The van der Waals surface area contributed by atoms with Crippen LogP contribution in [0.4, 0.5) is 5.69 Å². The third-order valence-corrected chi connectivity index (χ3v) is 3.77. The minimum absolute atomic E-state index is 0.110. The van der Waals surface area contributed by atoms with Gasteiger partial charge in [-0.2, -0.15) is 0 Å². The van der Waals surface area contributed by atoms with E-state index in [0.717, 1.165) is 21.5 Å². The van der Waals surface area contributed by atoms with Gasteiger partial charge in [0.05, 0.1) is 19.3 Å². The molecule has 1 N–H and O–H groups in total. The molecule has 0 heterocycles. The Morgan fingerprint density at radius 2 is 2.00 bits per heavy atom. The van der Waals surface area contributed by atoms with Gasteiger partial charge in [0.25, 0.3) is 5.91 Å². The van der Waals surface area contributed by atoms with E-state index in [2.05, 4.69) is 21.2 Å². The Morgan fingerprint density at radius 3 is 2.67 bits per heavy atom. The van der Waals surface area contributed by atoms with E-state index < -0.39 is 0 Å². The first-order valence-corrected chi connectivity index (χ1v) is 8.73. The number of hydrogen-bond donors (Lipinski definition) is 1. The van der Waals surface area contributed by atoms with E-state index in [9.17, 15) is 4.79 Å². The van der Waals surface area contributed by atoms with Gasteiger partial charge in [0.2, 0.25) is 0 Å². The van der Waals surface area contributed by atoms with Gasteiger partial charge in [-0.05, 0) is 57.2 Å². The third-order valence-electron chi connectivity index (χ3n) is 3.28. The molecule has 1 amide bonds. The minimum Gasteiger partial charge on any atom is -0.494 e. The first-order chi connectivity index (χ1) is 11.5. The Balaban J connectivity index is 2.19. The number of amides is 1. The number of ether oxygens (including phenoxy) is 2. The molecule has 0 aliphatic rings. The van der Waals surface area contributed by atoms with Crippen molar-refractivity contribution in [2.24, 2.45) is 0 Å². The lowest BCUT2D eigenvalue weighted by atomic mass is 10.1. The fourth-order valence-corrected chi connectivity index (χ4v) is 2.55. The Hall–Kier alpha value is -1.85. The molecule has 0 fully saturated rings. The zero-order valence-corrected chi connectivity index (χ0v) is 15.7. The van der Waals surface area contributed by atoms with Gasteiger partial charge in [0, 0.05) is 21.3 Å². The summed E-state index contributed by atoms with van der Waals surface area (Å²) in [6.45, 7) is 6.86. The number of hydrogen-bond acceptors (Lipinski definition) is 3. The van der Waals surface area contributed by atoms with Crippen LogP contribution in [-0.2, 0) is 11.3 Å². The van der Waals surface area contributed by atoms with Crippen LogP contribution in [0, 0.1) is 0 Å². The molecule has 2 aromatic rings. The maximum absolute atomic E-state index is 12.5. The maximum Gasteiger partial charge on any atom is 0.255 e. The first kappa shape index (κ1) is 18.5. The van der Waals surface area contributed by atoms with Crippen LogP contribution in [0.25, 0.3) is 0 Å². The smallest absolute Gasteiger partial charge is 0.255 e. The highest BCUT2D eigenvalue weighted by Crippen LogP contribution is 2.23. The average Bonchev–Trinajstić information content (AvgIpc) is 2.54. The number of carbonyl (C=O) groups is 1. The molecular weight excluding hydrogens is 370 g/mol. The summed E-state index contributed by atoms with van der Waals surface area (Å²) in [5.74, 6) is 0.583. The van der Waals surface area contributed by atoms with E-state index in [4.69, 9.17) is 9.47 Å². The molecule has 0 saturated heterocycles. The van der Waals surface area contributed by atoms with Crippen LogP contribution in [0.3, 0.4) is 0 Å². The highest BCUT2D eigenvalue weighted by Gasteiger charge is 2.12. The van der Waals surface area contributed by atoms with Gasteiger partial charge in [-0.3, -0.25) is 4.79 Å². The van der Waals surface area contributed by atoms with Crippen LogP contribution in [0.15, 0.2) is 46.9 Å². The van der Waals surface area contributed by atoms with E-state index in [1.807, 2.05) is 57.2 Å². The Morgan fingerprint density at radius 1 is 1.21 bits per heavy atom. The fourth-order valence-electron chi connectivity index (χ4n) is 2.16. The van der Waals surface area contributed by atoms with Crippen molar-refractivity contribution in [3.8, 4) is 5.75 Å². The Kier molecular flexibility index (Phi) is 6.82. The molecule has 0 aliphatic heterocycles. The van der Waals surface area contributed by atoms with Crippen molar-refractivity contribution < 1.29 is 14.3 Å². The fraction of sp³-hybridized carbons (Fsp3) is 0.316. The summed E-state index contributed by atoms with van der Waals surface area (Å²) < 4.78 is 12.2. The largest absolute Gasteiger partial charge is 0.494 e. The SMILES string of the molecule is CCOc1ccc(C(=O)Nc2cccc(Br)c2)cc1COC(C)C. The van der Waals surface area contributed by atoms with Gasteiger partial charge < -0.3 is 14.8 Å². The van der Waals surface area contributed by atoms with E-state index in [1.54, 1.807) is 6.07 Å². The van der Waals surface area contributed by atoms with Crippen molar-refractivity contribution in [3.63, 3.8) is 0 Å². The predicted molar refractivity (Wildman–Crippen MR) is 99.6 cm³/mol. The highest BCUT2D eigenvalue weighted by atomic mass is 79.9. The predicted octanol–water partition coefficient (Wildman–Crippen LogP) is 5.03. The Bertz CT molecular complexity index is 701. The molecule has 0 aromatic heterocycles. The number of halogens is 1. The van der Waals surface area contributed by atoms with Crippen molar-refractivity contribution in [2.45, 2.75) is 33.5 Å². The summed E-state index contributed by atoms with van der Waals surface area (Å²) >= 11 is 3.40. The molecule has 0 unspecified atom stereocenters. The summed E-state index contributed by atoms with van der Waals surface area (Å²) in [7, 11) is 0. The van der Waals surface area contributed by atoms with Crippen molar-refractivity contribution in [2.75, 3.05) is 11.9 Å². The van der Waals surface area contributed by atoms with Crippen LogP contribution in [0.2, 0.25) is 0 Å². The number of anilines is 1. The van der Waals surface area contributed by atoms with E-state index in [-0.39, 0.29) is 12.0 Å².